The van der Waals surface area contributed by atoms with Crippen LogP contribution in [0.4, 0.5) is 10.6 Å². The molecule has 5 rings (SSSR count). The molecule has 2 fully saturated rings. The molecule has 3 aromatic rings. The Hall–Kier alpha value is -3.50. The van der Waals surface area contributed by atoms with E-state index in [-0.39, 0.29) is 6.04 Å². The van der Waals surface area contributed by atoms with Crippen molar-refractivity contribution in [1.29, 1.82) is 0 Å². The molecule has 10 heteroatoms. The Morgan fingerprint density at radius 1 is 1.12 bits per heavy atom. The summed E-state index contributed by atoms with van der Waals surface area (Å²) < 4.78 is 11.5. The fraction of sp³-hybridized carbons (Fsp3) is 0.533. The van der Waals surface area contributed by atoms with Gasteiger partial charge in [0.2, 0.25) is 5.88 Å². The summed E-state index contributed by atoms with van der Waals surface area (Å²) in [7, 11) is 2.16. The Kier molecular flexibility index (Phi) is 8.37. The van der Waals surface area contributed by atoms with Gasteiger partial charge in [-0.25, -0.2) is 14.8 Å². The fourth-order valence-corrected chi connectivity index (χ4v) is 5.26. The third kappa shape index (κ3) is 6.98. The lowest BCUT2D eigenvalue weighted by atomic mass is 9.98. The van der Waals surface area contributed by atoms with Gasteiger partial charge in [-0.1, -0.05) is 0 Å². The maximum atomic E-state index is 12.2. The largest absolute Gasteiger partial charge is 0.477 e. The molecule has 2 atom stereocenters. The average Bonchev–Trinajstić information content (AvgIpc) is 2.92. The fourth-order valence-electron chi connectivity index (χ4n) is 5.26. The average molecular weight is 549 g/mol. The summed E-state index contributed by atoms with van der Waals surface area (Å²) in [4.78, 5) is 30.7. The number of nitrogens with one attached hydrogen (secondary N) is 1. The smallest absolute Gasteiger partial charge is 0.407 e. The number of carbonyl (C=O) groups excluding carboxylic acids is 1. The quantitative estimate of drug-likeness (QED) is 0.474. The van der Waals surface area contributed by atoms with E-state index in [0.29, 0.717) is 37.9 Å². The van der Waals surface area contributed by atoms with Gasteiger partial charge < -0.3 is 29.7 Å². The molecule has 0 spiro atoms. The number of rotatable bonds is 6. The molecule has 2 N–H and O–H groups in total. The Labute approximate surface area is 235 Å². The van der Waals surface area contributed by atoms with E-state index < -0.39 is 17.8 Å². The van der Waals surface area contributed by atoms with Crippen molar-refractivity contribution in [2.24, 2.45) is 5.92 Å². The van der Waals surface area contributed by atoms with Crippen molar-refractivity contribution < 1.29 is 19.4 Å². The summed E-state index contributed by atoms with van der Waals surface area (Å²) in [5.41, 5.74) is 1.89. The van der Waals surface area contributed by atoms with E-state index in [1.54, 1.807) is 6.20 Å². The third-order valence-corrected chi connectivity index (χ3v) is 7.51. The van der Waals surface area contributed by atoms with Crippen LogP contribution in [0.15, 0.2) is 42.7 Å². The number of aliphatic hydroxyl groups excluding tert-OH is 1. The number of aliphatic hydroxyl groups is 1. The molecule has 2 saturated heterocycles. The summed E-state index contributed by atoms with van der Waals surface area (Å²) >= 11 is 0. The molecule has 40 heavy (non-hydrogen) atoms. The van der Waals surface area contributed by atoms with Gasteiger partial charge in [-0.2, -0.15) is 0 Å². The van der Waals surface area contributed by atoms with Crippen LogP contribution in [0.2, 0.25) is 0 Å². The van der Waals surface area contributed by atoms with Crippen molar-refractivity contribution in [1.82, 2.24) is 25.2 Å². The standard InChI is InChI=1S/C30H40N6O4/c1-30(2,3)40-29(38)33-23-11-15-36(18-25(23)37)26-8-7-21(17-32-26)28-22-6-5-12-31-24(22)16-27(34-28)39-19-20-9-13-35(4)14-10-20/h5-8,12,16-17,20,23,25,37H,9-11,13-15,18-19H2,1-4H3,(H,33,38)/t23-,25-/m0/s1. The van der Waals surface area contributed by atoms with Crippen LogP contribution in [0.3, 0.4) is 0 Å². The Morgan fingerprint density at radius 2 is 1.93 bits per heavy atom. The molecule has 3 aromatic heterocycles. The predicted octanol–water partition coefficient (Wildman–Crippen LogP) is 3.88. The van der Waals surface area contributed by atoms with Crippen molar-refractivity contribution in [2.45, 2.75) is 57.8 Å². The zero-order chi connectivity index (χ0) is 28.3. The van der Waals surface area contributed by atoms with Crippen molar-refractivity contribution >= 4 is 22.8 Å². The number of piperidine rings is 2. The molecular weight excluding hydrogens is 508 g/mol. The van der Waals surface area contributed by atoms with Crippen molar-refractivity contribution in [2.75, 3.05) is 44.7 Å². The summed E-state index contributed by atoms with van der Waals surface area (Å²) in [5, 5.41) is 14.4. The molecule has 0 saturated carbocycles. The van der Waals surface area contributed by atoms with Crippen molar-refractivity contribution in [3.8, 4) is 17.1 Å². The van der Waals surface area contributed by atoms with Gasteiger partial charge in [-0.15, -0.1) is 0 Å². The normalized spacial score (nSPS) is 20.9. The van der Waals surface area contributed by atoms with Crippen LogP contribution in [0.1, 0.15) is 40.0 Å². The van der Waals surface area contributed by atoms with Gasteiger partial charge in [0.05, 0.1) is 30.0 Å². The van der Waals surface area contributed by atoms with Gasteiger partial charge in [-0.05, 0) is 90.4 Å². The molecular formula is C30H40N6O4. The number of fused-ring (bicyclic) bond motifs is 1. The van der Waals surface area contributed by atoms with Crippen molar-refractivity contribution in [3.63, 3.8) is 0 Å². The number of hydrogen-bond donors (Lipinski definition) is 2. The van der Waals surface area contributed by atoms with Gasteiger partial charge in [-0.3, -0.25) is 4.98 Å². The number of likely N-dealkylation sites (tertiary alicyclic amines) is 1. The highest BCUT2D eigenvalue weighted by molar-refractivity contribution is 5.92. The number of aromatic nitrogens is 3. The first-order valence-electron chi connectivity index (χ1n) is 14.1. The lowest BCUT2D eigenvalue weighted by Gasteiger charge is -2.37. The van der Waals surface area contributed by atoms with E-state index in [0.717, 1.165) is 53.9 Å². The number of β-amino-alcohol motifs (C(OH)–C–C–N with tert-alkyl or cyclic N) is 1. The van der Waals surface area contributed by atoms with Gasteiger partial charge in [0.25, 0.3) is 0 Å². The zero-order valence-corrected chi connectivity index (χ0v) is 23.8. The molecule has 2 aliphatic rings. The minimum absolute atomic E-state index is 0.359. The number of carbonyl (C=O) groups is 1. The number of nitrogens with zero attached hydrogens (tertiary/aromatic N) is 5. The molecule has 2 aliphatic heterocycles. The first-order valence-corrected chi connectivity index (χ1v) is 14.1. The lowest BCUT2D eigenvalue weighted by molar-refractivity contribution is 0.0402. The first-order chi connectivity index (χ1) is 19.1. The molecule has 0 unspecified atom stereocenters. The maximum absolute atomic E-state index is 12.2. The molecule has 1 amide bonds. The number of pyridine rings is 3. The van der Waals surface area contributed by atoms with Gasteiger partial charge in [0.15, 0.2) is 0 Å². The van der Waals surface area contributed by atoms with E-state index in [9.17, 15) is 9.90 Å². The SMILES string of the molecule is CN1CCC(COc2cc3ncccc3c(-c3ccc(N4CC[C@H](NC(=O)OC(C)(C)C)[C@@H](O)C4)nc3)n2)CC1. The summed E-state index contributed by atoms with van der Waals surface area (Å²) in [5.74, 6) is 1.86. The highest BCUT2D eigenvalue weighted by Gasteiger charge is 2.31. The number of ether oxygens (including phenoxy) is 2. The van der Waals surface area contributed by atoms with Crippen LogP contribution >= 0.6 is 0 Å². The van der Waals surface area contributed by atoms with Crippen LogP contribution < -0.4 is 15.0 Å². The second-order valence-corrected chi connectivity index (χ2v) is 11.9. The predicted molar refractivity (Wildman–Crippen MR) is 154 cm³/mol. The third-order valence-electron chi connectivity index (χ3n) is 7.51. The van der Waals surface area contributed by atoms with Crippen molar-refractivity contribution in [3.05, 3.63) is 42.7 Å². The van der Waals surface area contributed by atoms with E-state index in [1.165, 1.54) is 0 Å². The van der Waals surface area contributed by atoms with E-state index >= 15 is 0 Å². The molecule has 0 radical (unpaired) electrons. The Balaban J connectivity index is 1.27. The van der Waals surface area contributed by atoms with Crippen LogP contribution in [0, 0.1) is 5.92 Å². The maximum Gasteiger partial charge on any atom is 0.407 e. The highest BCUT2D eigenvalue weighted by atomic mass is 16.6. The minimum Gasteiger partial charge on any atom is -0.477 e. The van der Waals surface area contributed by atoms with Crippen LogP contribution in [0.25, 0.3) is 22.2 Å². The van der Waals surface area contributed by atoms with E-state index in [1.807, 2.05) is 62.2 Å². The number of hydrogen-bond acceptors (Lipinski definition) is 9. The number of anilines is 1. The lowest BCUT2D eigenvalue weighted by Crippen LogP contribution is -2.55. The second kappa shape index (κ2) is 11.9. The summed E-state index contributed by atoms with van der Waals surface area (Å²) in [6.07, 6.45) is 5.17. The van der Waals surface area contributed by atoms with Crippen LogP contribution in [-0.4, -0.2) is 88.6 Å². The molecule has 0 bridgehead atoms. The molecule has 0 aliphatic carbocycles. The Bertz CT molecular complexity index is 1300. The molecule has 10 nitrogen and oxygen atoms in total. The molecule has 5 heterocycles. The van der Waals surface area contributed by atoms with Crippen LogP contribution in [-0.2, 0) is 4.74 Å². The summed E-state index contributed by atoms with van der Waals surface area (Å²) in [6, 6.07) is 9.40. The molecule has 214 valence electrons. The van der Waals surface area contributed by atoms with Gasteiger partial charge >= 0.3 is 6.09 Å². The van der Waals surface area contributed by atoms with Gasteiger partial charge in [0.1, 0.15) is 11.4 Å². The number of amides is 1. The first kappa shape index (κ1) is 28.0. The summed E-state index contributed by atoms with van der Waals surface area (Å²) in [6.45, 7) is 9.29. The van der Waals surface area contributed by atoms with Gasteiger partial charge in [0, 0.05) is 42.5 Å². The van der Waals surface area contributed by atoms with E-state index in [2.05, 4.69) is 22.2 Å². The highest BCUT2D eigenvalue weighted by Crippen LogP contribution is 2.30. The minimum atomic E-state index is -0.738. The number of alkyl carbamates (subject to hydrolysis) is 1. The molecule has 0 aromatic carbocycles. The second-order valence-electron chi connectivity index (χ2n) is 11.9. The zero-order valence-electron chi connectivity index (χ0n) is 23.8. The monoisotopic (exact) mass is 548 g/mol. The topological polar surface area (TPSA) is 113 Å². The van der Waals surface area contributed by atoms with Crippen LogP contribution in [0.5, 0.6) is 5.88 Å². The Morgan fingerprint density at radius 3 is 2.62 bits per heavy atom. The van der Waals surface area contributed by atoms with E-state index in [4.69, 9.17) is 19.4 Å².